The van der Waals surface area contributed by atoms with E-state index in [1.54, 1.807) is 0 Å². The third-order valence-corrected chi connectivity index (χ3v) is 4.64. The van der Waals surface area contributed by atoms with Crippen molar-refractivity contribution in [1.82, 2.24) is 0 Å². The quantitative estimate of drug-likeness (QED) is 0.882. The van der Waals surface area contributed by atoms with E-state index in [4.69, 9.17) is 5.73 Å². The number of rotatable bonds is 2. The maximum atomic E-state index is 9.85. The molecule has 2 aliphatic rings. The number of nitrogens with two attached hydrogens (primary N) is 1. The number of halogens is 1. The number of hydrogen-bond acceptors (Lipinski definition) is 3. The smallest absolute Gasteiger partial charge is 0.0579 e. The summed E-state index contributed by atoms with van der Waals surface area (Å²) in [5.41, 5.74) is 8.16. The molecule has 1 aromatic carbocycles. The van der Waals surface area contributed by atoms with Gasteiger partial charge in [-0.25, -0.2) is 0 Å². The van der Waals surface area contributed by atoms with Crippen LogP contribution in [0.3, 0.4) is 0 Å². The van der Waals surface area contributed by atoms with Crippen LogP contribution in [0.5, 0.6) is 0 Å². The summed E-state index contributed by atoms with van der Waals surface area (Å²) in [6.45, 7) is 0.568. The SMILES string of the molecule is NCc1cc(Br)cc(N2C3CCC2CC(O)C3)c1. The lowest BCUT2D eigenvalue weighted by molar-refractivity contribution is 0.126. The average molecular weight is 311 g/mol. The zero-order valence-corrected chi connectivity index (χ0v) is 11.9. The molecular formula is C14H19BrN2O. The number of benzene rings is 1. The van der Waals surface area contributed by atoms with Gasteiger partial charge in [-0.3, -0.25) is 0 Å². The maximum Gasteiger partial charge on any atom is 0.0579 e. The van der Waals surface area contributed by atoms with E-state index >= 15 is 0 Å². The number of anilines is 1. The van der Waals surface area contributed by atoms with Gasteiger partial charge in [0.1, 0.15) is 0 Å². The normalized spacial score (nSPS) is 30.8. The fourth-order valence-electron chi connectivity index (χ4n) is 3.47. The van der Waals surface area contributed by atoms with E-state index in [0.717, 1.165) is 22.9 Å². The van der Waals surface area contributed by atoms with E-state index < -0.39 is 0 Å². The molecule has 0 aromatic heterocycles. The Kier molecular flexibility index (Phi) is 3.34. The van der Waals surface area contributed by atoms with Crippen LogP contribution in [0.1, 0.15) is 31.2 Å². The summed E-state index contributed by atoms with van der Waals surface area (Å²) < 4.78 is 1.09. The molecule has 4 heteroatoms. The third-order valence-electron chi connectivity index (χ3n) is 4.18. The van der Waals surface area contributed by atoms with Crippen molar-refractivity contribution in [2.45, 2.75) is 50.4 Å². The van der Waals surface area contributed by atoms with E-state index in [0.29, 0.717) is 18.6 Å². The molecule has 2 unspecified atom stereocenters. The Labute approximate surface area is 116 Å². The third kappa shape index (κ3) is 2.17. The lowest BCUT2D eigenvalue weighted by Crippen LogP contribution is -2.44. The zero-order valence-electron chi connectivity index (χ0n) is 10.3. The highest BCUT2D eigenvalue weighted by Crippen LogP contribution is 2.40. The van der Waals surface area contributed by atoms with Crippen LogP contribution in [0.2, 0.25) is 0 Å². The minimum absolute atomic E-state index is 0.111. The number of aliphatic hydroxyl groups is 1. The van der Waals surface area contributed by atoms with Gasteiger partial charge in [0.05, 0.1) is 6.10 Å². The van der Waals surface area contributed by atoms with Gasteiger partial charge in [0, 0.05) is 28.8 Å². The topological polar surface area (TPSA) is 49.5 Å². The molecule has 2 heterocycles. The Balaban J connectivity index is 1.93. The Bertz CT molecular complexity index is 437. The predicted octanol–water partition coefficient (Wildman–Crippen LogP) is 2.40. The van der Waals surface area contributed by atoms with E-state index in [2.05, 4.69) is 39.0 Å². The molecule has 0 aliphatic carbocycles. The van der Waals surface area contributed by atoms with Crippen LogP contribution in [-0.4, -0.2) is 23.3 Å². The number of piperidine rings is 1. The summed E-state index contributed by atoms with van der Waals surface area (Å²) in [5, 5.41) is 9.85. The molecule has 1 aromatic rings. The Morgan fingerprint density at radius 1 is 1.22 bits per heavy atom. The summed E-state index contributed by atoms with van der Waals surface area (Å²) in [6, 6.07) is 7.43. The fraction of sp³-hybridized carbons (Fsp3) is 0.571. The Morgan fingerprint density at radius 2 is 1.89 bits per heavy atom. The minimum atomic E-state index is -0.111. The molecule has 2 aliphatic heterocycles. The number of fused-ring (bicyclic) bond motifs is 2. The lowest BCUT2D eigenvalue weighted by atomic mass is 9.98. The summed E-state index contributed by atoms with van der Waals surface area (Å²) in [7, 11) is 0. The van der Waals surface area contributed by atoms with Crippen molar-refractivity contribution in [3.63, 3.8) is 0 Å². The summed E-state index contributed by atoms with van der Waals surface area (Å²) in [6.07, 6.45) is 4.10. The van der Waals surface area contributed by atoms with Crippen molar-refractivity contribution in [2.75, 3.05) is 4.90 Å². The molecule has 3 nitrogen and oxygen atoms in total. The summed E-state index contributed by atoms with van der Waals surface area (Å²) >= 11 is 3.56. The first kappa shape index (κ1) is 12.5. The first-order chi connectivity index (χ1) is 8.67. The monoisotopic (exact) mass is 310 g/mol. The van der Waals surface area contributed by atoms with Gasteiger partial charge in [-0.2, -0.15) is 0 Å². The Hall–Kier alpha value is -0.580. The van der Waals surface area contributed by atoms with Gasteiger partial charge in [-0.15, -0.1) is 0 Å². The molecule has 0 spiro atoms. The molecule has 0 amide bonds. The molecule has 0 saturated carbocycles. The van der Waals surface area contributed by atoms with E-state index in [1.165, 1.54) is 18.5 Å². The first-order valence-electron chi connectivity index (χ1n) is 6.63. The van der Waals surface area contributed by atoms with Gasteiger partial charge in [0.2, 0.25) is 0 Å². The van der Waals surface area contributed by atoms with Crippen LogP contribution in [0, 0.1) is 0 Å². The van der Waals surface area contributed by atoms with Crippen LogP contribution in [-0.2, 0) is 6.54 Å². The van der Waals surface area contributed by atoms with Gasteiger partial charge in [0.25, 0.3) is 0 Å². The molecule has 0 radical (unpaired) electrons. The van der Waals surface area contributed by atoms with Crippen LogP contribution in [0.4, 0.5) is 5.69 Å². The molecule has 2 atom stereocenters. The van der Waals surface area contributed by atoms with Crippen molar-refractivity contribution >= 4 is 21.6 Å². The minimum Gasteiger partial charge on any atom is -0.393 e. The average Bonchev–Trinajstić information content (AvgIpc) is 2.61. The molecule has 2 fully saturated rings. The van der Waals surface area contributed by atoms with Crippen LogP contribution in [0.25, 0.3) is 0 Å². The largest absolute Gasteiger partial charge is 0.393 e. The van der Waals surface area contributed by atoms with Crippen molar-refractivity contribution in [3.8, 4) is 0 Å². The zero-order chi connectivity index (χ0) is 12.7. The Morgan fingerprint density at radius 3 is 2.50 bits per heavy atom. The van der Waals surface area contributed by atoms with Crippen molar-refractivity contribution in [2.24, 2.45) is 5.73 Å². The van der Waals surface area contributed by atoms with Crippen molar-refractivity contribution < 1.29 is 5.11 Å². The molecule has 18 heavy (non-hydrogen) atoms. The van der Waals surface area contributed by atoms with Crippen LogP contribution >= 0.6 is 15.9 Å². The lowest BCUT2D eigenvalue weighted by Gasteiger charge is -2.39. The highest BCUT2D eigenvalue weighted by atomic mass is 79.9. The van der Waals surface area contributed by atoms with E-state index in [9.17, 15) is 5.11 Å². The number of hydrogen-bond donors (Lipinski definition) is 2. The molecule has 3 N–H and O–H groups in total. The fourth-order valence-corrected chi connectivity index (χ4v) is 4.00. The predicted molar refractivity (Wildman–Crippen MR) is 76.6 cm³/mol. The standard InChI is InChI=1S/C14H19BrN2O/c15-10-3-9(8-16)4-13(5-10)17-11-1-2-12(17)7-14(18)6-11/h3-5,11-12,14,18H,1-2,6-8,16H2. The molecule has 3 rings (SSSR count). The highest BCUT2D eigenvalue weighted by molar-refractivity contribution is 9.10. The van der Waals surface area contributed by atoms with Gasteiger partial charge in [-0.05, 0) is 49.4 Å². The second kappa shape index (κ2) is 4.83. The highest BCUT2D eigenvalue weighted by Gasteiger charge is 2.40. The molecule has 2 bridgehead atoms. The maximum absolute atomic E-state index is 9.85. The van der Waals surface area contributed by atoms with Crippen LogP contribution < -0.4 is 10.6 Å². The van der Waals surface area contributed by atoms with Crippen molar-refractivity contribution in [1.29, 1.82) is 0 Å². The molecular weight excluding hydrogens is 292 g/mol. The van der Waals surface area contributed by atoms with E-state index in [1.807, 2.05) is 0 Å². The number of nitrogens with zero attached hydrogens (tertiary/aromatic N) is 1. The van der Waals surface area contributed by atoms with Gasteiger partial charge in [-0.1, -0.05) is 15.9 Å². The van der Waals surface area contributed by atoms with Gasteiger partial charge in [0.15, 0.2) is 0 Å². The number of aliphatic hydroxyl groups excluding tert-OH is 1. The van der Waals surface area contributed by atoms with Gasteiger partial charge >= 0.3 is 0 Å². The molecule has 2 saturated heterocycles. The summed E-state index contributed by atoms with van der Waals surface area (Å²) in [4.78, 5) is 2.50. The first-order valence-corrected chi connectivity index (χ1v) is 7.42. The van der Waals surface area contributed by atoms with Crippen molar-refractivity contribution in [3.05, 3.63) is 28.2 Å². The second-order valence-corrected chi connectivity index (χ2v) is 6.35. The summed E-state index contributed by atoms with van der Waals surface area (Å²) in [5.74, 6) is 0. The molecule has 98 valence electrons. The van der Waals surface area contributed by atoms with Crippen LogP contribution in [0.15, 0.2) is 22.7 Å². The van der Waals surface area contributed by atoms with Gasteiger partial charge < -0.3 is 15.7 Å². The van der Waals surface area contributed by atoms with E-state index in [-0.39, 0.29) is 6.10 Å². The second-order valence-electron chi connectivity index (χ2n) is 5.44.